The van der Waals surface area contributed by atoms with Gasteiger partial charge in [-0.2, -0.15) is 0 Å². The molecule has 0 bridgehead atoms. The number of ether oxygens (including phenoxy) is 1. The fourth-order valence-corrected chi connectivity index (χ4v) is 7.48. The molecule has 216 valence electrons. The summed E-state index contributed by atoms with van der Waals surface area (Å²) in [7, 11) is 0. The molecule has 3 aromatic rings. The van der Waals surface area contributed by atoms with Crippen molar-refractivity contribution in [1.82, 2.24) is 0 Å². The van der Waals surface area contributed by atoms with Gasteiger partial charge in [-0.25, -0.2) is 0 Å². The first-order valence-corrected chi connectivity index (χ1v) is 16.1. The van der Waals surface area contributed by atoms with Crippen molar-refractivity contribution in [3.8, 4) is 0 Å². The number of hydrogen-bond donors (Lipinski definition) is 3. The van der Waals surface area contributed by atoms with Gasteiger partial charge < -0.3 is 20.1 Å². The van der Waals surface area contributed by atoms with Gasteiger partial charge in [0.15, 0.2) is 5.79 Å². The lowest BCUT2D eigenvalue weighted by atomic mass is 9.84. The zero-order valence-corrected chi connectivity index (χ0v) is 24.5. The third kappa shape index (κ3) is 8.20. The second kappa shape index (κ2) is 15.7. The van der Waals surface area contributed by atoms with Gasteiger partial charge in [0, 0.05) is 12.8 Å². The number of aliphatic hydroxyl groups is 3. The van der Waals surface area contributed by atoms with Gasteiger partial charge in [0.1, 0.15) is 6.10 Å². The molecule has 0 radical (unpaired) electrons. The Morgan fingerprint density at radius 1 is 0.675 bits per heavy atom. The van der Waals surface area contributed by atoms with E-state index in [1.54, 1.807) is 0 Å². The van der Waals surface area contributed by atoms with Gasteiger partial charge in [-0.3, -0.25) is 0 Å². The lowest BCUT2D eigenvalue weighted by molar-refractivity contribution is -0.202. The normalized spacial score (nSPS) is 21.1. The fraction of sp³-hybridized carbons (Fsp3) is 0.486. The number of hydrogen-bond acceptors (Lipinski definition) is 5. The average molecular weight is 563 g/mol. The molecule has 3 atom stereocenters. The van der Waals surface area contributed by atoms with Crippen molar-refractivity contribution in [2.75, 3.05) is 12.4 Å². The molecule has 0 saturated carbocycles. The molecule has 1 saturated heterocycles. The molecule has 4 nitrogen and oxygen atoms in total. The maximum absolute atomic E-state index is 10.5. The van der Waals surface area contributed by atoms with Crippen molar-refractivity contribution in [3.05, 3.63) is 108 Å². The number of thioether (sulfide) groups is 1. The second-order valence-corrected chi connectivity index (χ2v) is 12.4. The van der Waals surface area contributed by atoms with Crippen molar-refractivity contribution >= 4 is 11.8 Å². The topological polar surface area (TPSA) is 69.9 Å². The van der Waals surface area contributed by atoms with Crippen LogP contribution in [0.1, 0.15) is 87.3 Å². The highest BCUT2D eigenvalue weighted by molar-refractivity contribution is 8.00. The van der Waals surface area contributed by atoms with Crippen molar-refractivity contribution in [1.29, 1.82) is 0 Å². The Bertz CT molecular complexity index is 997. The van der Waals surface area contributed by atoms with Gasteiger partial charge in [0.05, 0.1) is 17.5 Å². The molecule has 0 amide bonds. The summed E-state index contributed by atoms with van der Waals surface area (Å²) in [4.78, 5) is 0. The van der Waals surface area contributed by atoms with E-state index in [0.29, 0.717) is 6.42 Å². The van der Waals surface area contributed by atoms with Crippen LogP contribution < -0.4 is 0 Å². The van der Waals surface area contributed by atoms with Gasteiger partial charge >= 0.3 is 0 Å². The Balaban J connectivity index is 1.18. The zero-order chi connectivity index (χ0) is 28.1. The van der Waals surface area contributed by atoms with E-state index >= 15 is 0 Å². The summed E-state index contributed by atoms with van der Waals surface area (Å²) in [6.45, 7) is -0.254. The molecule has 0 spiro atoms. The summed E-state index contributed by atoms with van der Waals surface area (Å²) in [5, 5.41) is 29.5. The van der Waals surface area contributed by atoms with Crippen LogP contribution >= 0.6 is 11.8 Å². The van der Waals surface area contributed by atoms with E-state index in [1.807, 2.05) is 0 Å². The molecule has 40 heavy (non-hydrogen) atoms. The SMILES string of the molecule is OC[C@H]1OC(O)(CCCCCCCCCCCSC(c2ccccc2)(c2ccccc2)c2ccccc2)C[C@@H]1O. The van der Waals surface area contributed by atoms with Crippen LogP contribution in [0.2, 0.25) is 0 Å². The zero-order valence-electron chi connectivity index (χ0n) is 23.7. The van der Waals surface area contributed by atoms with Crippen molar-refractivity contribution in [2.45, 2.75) is 93.4 Å². The summed E-state index contributed by atoms with van der Waals surface area (Å²) in [6, 6.07) is 32.8. The lowest BCUT2D eigenvalue weighted by Crippen LogP contribution is -2.29. The molecule has 1 heterocycles. The van der Waals surface area contributed by atoms with Crippen LogP contribution in [-0.2, 0) is 9.48 Å². The highest BCUT2D eigenvalue weighted by Gasteiger charge is 2.43. The van der Waals surface area contributed by atoms with Crippen LogP contribution in [0.4, 0.5) is 0 Å². The van der Waals surface area contributed by atoms with Crippen LogP contribution in [0.5, 0.6) is 0 Å². The Labute approximate surface area is 244 Å². The largest absolute Gasteiger partial charge is 0.394 e. The first-order chi connectivity index (χ1) is 19.6. The third-order valence-corrected chi connectivity index (χ3v) is 9.71. The van der Waals surface area contributed by atoms with E-state index in [1.165, 1.54) is 55.2 Å². The molecule has 0 aromatic heterocycles. The Hall–Kier alpha value is -2.15. The third-order valence-electron chi connectivity index (χ3n) is 8.08. The minimum absolute atomic E-state index is 0.194. The van der Waals surface area contributed by atoms with E-state index in [-0.39, 0.29) is 17.8 Å². The van der Waals surface area contributed by atoms with Crippen LogP contribution in [0.25, 0.3) is 0 Å². The number of aliphatic hydroxyl groups excluding tert-OH is 2. The average Bonchev–Trinajstić information content (AvgIpc) is 3.30. The molecule has 1 aliphatic rings. The number of benzene rings is 3. The van der Waals surface area contributed by atoms with Crippen molar-refractivity contribution in [3.63, 3.8) is 0 Å². The standard InChI is InChI=1S/C35H46O4S/c36-28-33-32(37)27-34(38,39-33)25-17-6-4-2-1-3-5-7-18-26-40-35(29-19-11-8-12-20-29,30-21-13-9-14-22-30)31-23-15-10-16-24-31/h8-16,19-24,32-33,36-38H,1-7,17-18,25-28H2/t32-,33+,34?/m0/s1. The van der Waals surface area contributed by atoms with Crippen LogP contribution in [0.3, 0.4) is 0 Å². The van der Waals surface area contributed by atoms with Gasteiger partial charge in [-0.15, -0.1) is 11.8 Å². The van der Waals surface area contributed by atoms with Gasteiger partial charge in [0.2, 0.25) is 0 Å². The number of rotatable bonds is 17. The van der Waals surface area contributed by atoms with Crippen LogP contribution in [0.15, 0.2) is 91.0 Å². The molecule has 1 aliphatic heterocycles. The van der Waals surface area contributed by atoms with Crippen molar-refractivity contribution < 1.29 is 20.1 Å². The van der Waals surface area contributed by atoms with Gasteiger partial charge in [0.25, 0.3) is 0 Å². The summed E-state index contributed by atoms with van der Waals surface area (Å²) >= 11 is 2.06. The quantitative estimate of drug-likeness (QED) is 0.118. The number of unbranched alkanes of at least 4 members (excludes halogenated alkanes) is 8. The maximum atomic E-state index is 10.5. The van der Waals surface area contributed by atoms with Gasteiger partial charge in [-0.05, 0) is 35.3 Å². The van der Waals surface area contributed by atoms with E-state index in [4.69, 9.17) is 4.74 Å². The molecule has 3 N–H and O–H groups in total. The highest BCUT2D eigenvalue weighted by atomic mass is 32.2. The molecular formula is C35H46O4S. The summed E-state index contributed by atoms with van der Waals surface area (Å²) in [5.74, 6) is -0.167. The predicted octanol–water partition coefficient (Wildman–Crippen LogP) is 7.44. The molecule has 5 heteroatoms. The summed E-state index contributed by atoms with van der Waals surface area (Å²) in [5.41, 5.74) is 3.98. The van der Waals surface area contributed by atoms with Crippen LogP contribution in [-0.4, -0.2) is 45.7 Å². The first-order valence-electron chi connectivity index (χ1n) is 15.1. The Morgan fingerprint density at radius 3 is 1.52 bits per heavy atom. The van der Waals surface area contributed by atoms with E-state index in [2.05, 4.69) is 103 Å². The fourth-order valence-electron chi connectivity index (χ4n) is 5.92. The summed E-state index contributed by atoms with van der Waals surface area (Å²) < 4.78 is 5.23. The van der Waals surface area contributed by atoms with E-state index in [9.17, 15) is 15.3 Å². The minimum Gasteiger partial charge on any atom is -0.394 e. The van der Waals surface area contributed by atoms with Gasteiger partial charge in [-0.1, -0.05) is 136 Å². The Kier molecular flexibility index (Phi) is 12.1. The monoisotopic (exact) mass is 562 g/mol. The molecule has 3 aromatic carbocycles. The molecule has 1 unspecified atom stereocenters. The second-order valence-electron chi connectivity index (χ2n) is 11.1. The van der Waals surface area contributed by atoms with Crippen molar-refractivity contribution in [2.24, 2.45) is 0 Å². The Morgan fingerprint density at radius 2 is 1.10 bits per heavy atom. The smallest absolute Gasteiger partial charge is 0.168 e. The predicted molar refractivity (Wildman–Crippen MR) is 165 cm³/mol. The maximum Gasteiger partial charge on any atom is 0.168 e. The van der Waals surface area contributed by atoms with E-state index in [0.717, 1.165) is 25.0 Å². The first kappa shape index (κ1) is 30.8. The van der Waals surface area contributed by atoms with E-state index < -0.39 is 18.0 Å². The minimum atomic E-state index is -1.27. The molecule has 1 fully saturated rings. The molecule has 0 aliphatic carbocycles. The molecule has 4 rings (SSSR count). The lowest BCUT2D eigenvalue weighted by Gasteiger charge is -2.35. The van der Waals surface area contributed by atoms with Crippen LogP contribution in [0, 0.1) is 0 Å². The molecular weight excluding hydrogens is 516 g/mol. The summed E-state index contributed by atoms with van der Waals surface area (Å²) in [6.07, 6.45) is 9.84. The highest BCUT2D eigenvalue weighted by Crippen LogP contribution is 2.48.